The van der Waals surface area contributed by atoms with E-state index in [1.165, 1.54) is 24.1 Å². The van der Waals surface area contributed by atoms with E-state index in [0.29, 0.717) is 16.8 Å². The van der Waals surface area contributed by atoms with Gasteiger partial charge in [-0.15, -0.1) is 0 Å². The second kappa shape index (κ2) is 5.87. The van der Waals surface area contributed by atoms with Crippen molar-refractivity contribution in [1.29, 1.82) is 0 Å². The lowest BCUT2D eigenvalue weighted by atomic mass is 10.0. The summed E-state index contributed by atoms with van der Waals surface area (Å²) < 4.78 is 27.5. The number of benzene rings is 1. The molecule has 3 amide bonds. The minimum Gasteiger partial charge on any atom is -0.322 e. The summed E-state index contributed by atoms with van der Waals surface area (Å²) in [6.45, 7) is 0.190. The summed E-state index contributed by atoms with van der Waals surface area (Å²) >= 11 is 0. The molecule has 0 spiro atoms. The average Bonchev–Trinajstić information content (AvgIpc) is 2.83. The maximum Gasteiger partial charge on any atom is 0.298 e. The van der Waals surface area contributed by atoms with Crippen LogP contribution in [-0.4, -0.2) is 44.1 Å². The summed E-state index contributed by atoms with van der Waals surface area (Å²) in [5.74, 6) is -1.13. The molecular formula is C14H16N4O5S. The van der Waals surface area contributed by atoms with Gasteiger partial charge in [-0.05, 0) is 30.2 Å². The number of amides is 3. The largest absolute Gasteiger partial charge is 0.322 e. The Hall–Kier alpha value is -2.46. The third-order valence-electron chi connectivity index (χ3n) is 4.04. The standard InChI is InChI=1S/C14H16N4O5S/c1-15-24(22,23)17-9-2-3-10-8(6-9)7-18(14(10)21)11-4-5-12(19)16-13(11)20/h2-3,6,11,15,17H,4-5,7H2,1H3,(H,16,19,20). The molecule has 1 aromatic rings. The van der Waals surface area contributed by atoms with Crippen LogP contribution in [0.1, 0.15) is 28.8 Å². The molecule has 128 valence electrons. The molecule has 10 heteroatoms. The maximum atomic E-state index is 12.5. The molecule has 1 atom stereocenters. The summed E-state index contributed by atoms with van der Waals surface area (Å²) in [4.78, 5) is 37.1. The zero-order valence-electron chi connectivity index (χ0n) is 12.8. The smallest absolute Gasteiger partial charge is 0.298 e. The number of piperidine rings is 1. The molecule has 2 aliphatic heterocycles. The Bertz CT molecular complexity index is 836. The van der Waals surface area contributed by atoms with Crippen molar-refractivity contribution in [3.8, 4) is 0 Å². The van der Waals surface area contributed by atoms with E-state index in [2.05, 4.69) is 14.8 Å². The lowest BCUT2D eigenvalue weighted by Crippen LogP contribution is -2.52. The van der Waals surface area contributed by atoms with Gasteiger partial charge in [0.05, 0.1) is 5.69 Å². The summed E-state index contributed by atoms with van der Waals surface area (Å²) in [7, 11) is -2.37. The van der Waals surface area contributed by atoms with Gasteiger partial charge in [0, 0.05) is 25.6 Å². The van der Waals surface area contributed by atoms with Gasteiger partial charge in [0.15, 0.2) is 0 Å². The van der Waals surface area contributed by atoms with Crippen LogP contribution in [0.15, 0.2) is 18.2 Å². The van der Waals surface area contributed by atoms with E-state index in [4.69, 9.17) is 0 Å². The molecule has 0 saturated carbocycles. The lowest BCUT2D eigenvalue weighted by Gasteiger charge is -2.29. The first-order valence-electron chi connectivity index (χ1n) is 7.29. The Morgan fingerprint density at radius 3 is 2.67 bits per heavy atom. The second-order valence-corrected chi connectivity index (χ2v) is 7.20. The molecule has 9 nitrogen and oxygen atoms in total. The highest BCUT2D eigenvalue weighted by Gasteiger charge is 2.39. The molecule has 1 saturated heterocycles. The number of fused-ring (bicyclic) bond motifs is 1. The molecule has 1 aromatic carbocycles. The molecule has 3 N–H and O–H groups in total. The monoisotopic (exact) mass is 352 g/mol. The van der Waals surface area contributed by atoms with E-state index < -0.39 is 22.2 Å². The van der Waals surface area contributed by atoms with E-state index in [0.717, 1.165) is 0 Å². The topological polar surface area (TPSA) is 125 Å². The third kappa shape index (κ3) is 2.97. The SMILES string of the molecule is CNS(=O)(=O)Nc1ccc2c(c1)CN(C1CCC(=O)NC1=O)C2=O. The average molecular weight is 352 g/mol. The van der Waals surface area contributed by atoms with Crippen molar-refractivity contribution in [3.63, 3.8) is 0 Å². The summed E-state index contributed by atoms with van der Waals surface area (Å²) in [6, 6.07) is 3.88. The Morgan fingerprint density at radius 1 is 1.25 bits per heavy atom. The van der Waals surface area contributed by atoms with Crippen LogP contribution in [0.25, 0.3) is 0 Å². The van der Waals surface area contributed by atoms with Crippen LogP contribution in [0, 0.1) is 0 Å². The Labute approximate surface area is 138 Å². The van der Waals surface area contributed by atoms with Gasteiger partial charge in [-0.1, -0.05) is 0 Å². The molecule has 2 heterocycles. The molecule has 3 rings (SSSR count). The maximum absolute atomic E-state index is 12.5. The minimum absolute atomic E-state index is 0.184. The highest BCUT2D eigenvalue weighted by Crippen LogP contribution is 2.29. The molecule has 1 fully saturated rings. The number of hydrogen-bond acceptors (Lipinski definition) is 5. The van der Waals surface area contributed by atoms with Gasteiger partial charge in [0.2, 0.25) is 11.8 Å². The van der Waals surface area contributed by atoms with Crippen molar-refractivity contribution >= 4 is 33.6 Å². The fraction of sp³-hybridized carbons (Fsp3) is 0.357. The molecule has 0 aromatic heterocycles. The number of nitrogens with one attached hydrogen (secondary N) is 3. The van der Waals surface area contributed by atoms with Crippen molar-refractivity contribution in [1.82, 2.24) is 14.9 Å². The summed E-state index contributed by atoms with van der Waals surface area (Å²) in [5.41, 5.74) is 1.37. The van der Waals surface area contributed by atoms with E-state index in [9.17, 15) is 22.8 Å². The van der Waals surface area contributed by atoms with Crippen LogP contribution < -0.4 is 14.8 Å². The highest BCUT2D eigenvalue weighted by atomic mass is 32.2. The van der Waals surface area contributed by atoms with Crippen LogP contribution in [0.5, 0.6) is 0 Å². The Balaban J connectivity index is 1.82. The van der Waals surface area contributed by atoms with Gasteiger partial charge in [-0.2, -0.15) is 8.42 Å². The van der Waals surface area contributed by atoms with Gasteiger partial charge in [-0.25, -0.2) is 4.72 Å². The van der Waals surface area contributed by atoms with Crippen LogP contribution in [-0.2, 0) is 26.3 Å². The van der Waals surface area contributed by atoms with Gasteiger partial charge in [0.1, 0.15) is 6.04 Å². The second-order valence-electron chi connectivity index (χ2n) is 5.58. The van der Waals surface area contributed by atoms with Crippen LogP contribution in [0.4, 0.5) is 5.69 Å². The Morgan fingerprint density at radius 2 is 2.00 bits per heavy atom. The number of imide groups is 1. The molecule has 0 bridgehead atoms. The fourth-order valence-electron chi connectivity index (χ4n) is 2.84. The first kappa shape index (κ1) is 16.4. The molecule has 24 heavy (non-hydrogen) atoms. The van der Waals surface area contributed by atoms with Crippen molar-refractivity contribution in [2.75, 3.05) is 11.8 Å². The molecule has 1 unspecified atom stereocenters. The highest BCUT2D eigenvalue weighted by molar-refractivity contribution is 7.90. The third-order valence-corrected chi connectivity index (χ3v) is 5.09. The summed E-state index contributed by atoms with van der Waals surface area (Å²) in [5, 5.41) is 2.23. The predicted molar refractivity (Wildman–Crippen MR) is 84.1 cm³/mol. The Kier molecular flexibility index (Phi) is 4.01. The van der Waals surface area contributed by atoms with Crippen LogP contribution in [0.3, 0.4) is 0 Å². The quantitative estimate of drug-likeness (QED) is 0.620. The first-order chi connectivity index (χ1) is 11.3. The molecule has 0 radical (unpaired) electrons. The molecule has 0 aliphatic carbocycles. The van der Waals surface area contributed by atoms with Gasteiger partial charge in [0.25, 0.3) is 16.1 Å². The number of anilines is 1. The molecule has 2 aliphatic rings. The van der Waals surface area contributed by atoms with E-state index in [-0.39, 0.29) is 31.2 Å². The predicted octanol–water partition coefficient (Wildman–Crippen LogP) is -0.676. The van der Waals surface area contributed by atoms with Crippen molar-refractivity contribution in [3.05, 3.63) is 29.3 Å². The van der Waals surface area contributed by atoms with Crippen LogP contribution >= 0.6 is 0 Å². The van der Waals surface area contributed by atoms with E-state index in [1.807, 2.05) is 0 Å². The van der Waals surface area contributed by atoms with E-state index in [1.54, 1.807) is 6.07 Å². The van der Waals surface area contributed by atoms with Gasteiger partial charge < -0.3 is 4.90 Å². The lowest BCUT2D eigenvalue weighted by molar-refractivity contribution is -0.136. The zero-order chi connectivity index (χ0) is 17.5. The number of hydrogen-bond donors (Lipinski definition) is 3. The van der Waals surface area contributed by atoms with Gasteiger partial charge in [-0.3, -0.25) is 24.4 Å². The number of carbonyl (C=O) groups excluding carboxylic acids is 3. The number of nitrogens with zero attached hydrogens (tertiary/aromatic N) is 1. The first-order valence-corrected chi connectivity index (χ1v) is 8.78. The fourth-order valence-corrected chi connectivity index (χ4v) is 3.38. The van der Waals surface area contributed by atoms with Crippen molar-refractivity contribution < 1.29 is 22.8 Å². The van der Waals surface area contributed by atoms with Crippen molar-refractivity contribution in [2.24, 2.45) is 0 Å². The number of carbonyl (C=O) groups is 3. The van der Waals surface area contributed by atoms with Gasteiger partial charge >= 0.3 is 0 Å². The van der Waals surface area contributed by atoms with E-state index >= 15 is 0 Å². The normalized spacial score (nSPS) is 20.8. The van der Waals surface area contributed by atoms with Crippen LogP contribution in [0.2, 0.25) is 0 Å². The summed E-state index contributed by atoms with van der Waals surface area (Å²) in [6.07, 6.45) is 0.466. The van der Waals surface area contributed by atoms with Crippen molar-refractivity contribution in [2.45, 2.75) is 25.4 Å². The molecular weight excluding hydrogens is 336 g/mol. The minimum atomic E-state index is -3.65. The zero-order valence-corrected chi connectivity index (χ0v) is 13.6. The number of rotatable bonds is 4.